The fourth-order valence-corrected chi connectivity index (χ4v) is 2.42. The summed E-state index contributed by atoms with van der Waals surface area (Å²) in [6, 6.07) is 5.00. The molecule has 0 aliphatic carbocycles. The number of carbonyl (C=O) groups is 1. The van der Waals surface area contributed by atoms with Gasteiger partial charge in [-0.05, 0) is 23.6 Å². The van der Waals surface area contributed by atoms with Crippen LogP contribution < -0.4 is 0 Å². The molecule has 0 N–H and O–H groups in total. The van der Waals surface area contributed by atoms with Crippen molar-refractivity contribution in [3.05, 3.63) is 34.1 Å². The first-order valence-corrected chi connectivity index (χ1v) is 7.30. The Hall–Kier alpha value is -1.39. The van der Waals surface area contributed by atoms with Crippen molar-refractivity contribution in [2.24, 2.45) is 5.41 Å². The number of ketones is 1. The highest BCUT2D eigenvalue weighted by Crippen LogP contribution is 2.29. The fourth-order valence-electron chi connectivity index (χ4n) is 1.93. The lowest BCUT2D eigenvalue weighted by molar-refractivity contribution is -0.120. The summed E-state index contributed by atoms with van der Waals surface area (Å²) in [5, 5.41) is 4.79. The molecule has 21 heavy (non-hydrogen) atoms. The molecule has 0 amide bonds. The maximum atomic E-state index is 11.9. The molecule has 0 radical (unpaired) electrons. The molecule has 1 heterocycles. The van der Waals surface area contributed by atoms with Crippen LogP contribution in [0, 0.1) is 5.41 Å². The van der Waals surface area contributed by atoms with Crippen molar-refractivity contribution < 1.29 is 9.32 Å². The van der Waals surface area contributed by atoms with Crippen LogP contribution in [-0.2, 0) is 11.2 Å². The maximum Gasteiger partial charge on any atom is 0.259 e. The molecule has 0 atom stereocenters. The number of hydrogen-bond acceptors (Lipinski definition) is 4. The molecule has 6 heteroatoms. The summed E-state index contributed by atoms with van der Waals surface area (Å²) in [7, 11) is 0. The van der Waals surface area contributed by atoms with Gasteiger partial charge in [-0.15, -0.1) is 0 Å². The fraction of sp³-hybridized carbons (Fsp3) is 0.400. The van der Waals surface area contributed by atoms with Gasteiger partial charge in [-0.1, -0.05) is 49.1 Å². The second kappa shape index (κ2) is 6.16. The maximum absolute atomic E-state index is 11.9. The molecule has 2 rings (SSSR count). The average Bonchev–Trinajstić information content (AvgIpc) is 2.74. The minimum atomic E-state index is -0.0524. The molecule has 0 saturated carbocycles. The van der Waals surface area contributed by atoms with Crippen LogP contribution in [0.4, 0.5) is 0 Å². The zero-order valence-corrected chi connectivity index (χ0v) is 13.6. The van der Waals surface area contributed by atoms with E-state index in [0.717, 1.165) is 0 Å². The molecule has 0 saturated heterocycles. The van der Waals surface area contributed by atoms with E-state index in [1.165, 1.54) is 0 Å². The van der Waals surface area contributed by atoms with Gasteiger partial charge in [-0.25, -0.2) is 0 Å². The van der Waals surface area contributed by atoms with E-state index in [1.54, 1.807) is 18.2 Å². The van der Waals surface area contributed by atoms with Crippen LogP contribution in [0.25, 0.3) is 11.5 Å². The smallest absolute Gasteiger partial charge is 0.259 e. The van der Waals surface area contributed by atoms with Crippen LogP contribution in [0.2, 0.25) is 10.0 Å². The van der Waals surface area contributed by atoms with Gasteiger partial charge in [0, 0.05) is 11.4 Å². The van der Waals surface area contributed by atoms with E-state index in [-0.39, 0.29) is 23.5 Å². The first-order chi connectivity index (χ1) is 9.74. The number of Topliss-reactive ketones (excluding diaryl/α,β-unsaturated/α-hetero) is 1. The molecular formula is C15H16Cl2N2O2. The molecule has 1 aromatic carbocycles. The van der Waals surface area contributed by atoms with E-state index < -0.39 is 0 Å². The molecule has 4 nitrogen and oxygen atoms in total. The Morgan fingerprint density at radius 1 is 1.29 bits per heavy atom. The van der Waals surface area contributed by atoms with Gasteiger partial charge in [0.25, 0.3) is 5.89 Å². The van der Waals surface area contributed by atoms with Gasteiger partial charge in [0.2, 0.25) is 0 Å². The molecule has 0 bridgehead atoms. The zero-order valence-electron chi connectivity index (χ0n) is 12.1. The average molecular weight is 327 g/mol. The standard InChI is InChI=1S/C15H16Cl2N2O2/c1-15(2,3)8-10(20)7-13-18-14(21-19-13)11-5-4-9(16)6-12(11)17/h4-6H,7-8H2,1-3H3. The topological polar surface area (TPSA) is 56.0 Å². The number of hydrogen-bond donors (Lipinski definition) is 0. The molecular weight excluding hydrogens is 311 g/mol. The van der Waals surface area contributed by atoms with Gasteiger partial charge in [-0.2, -0.15) is 4.98 Å². The highest BCUT2D eigenvalue weighted by atomic mass is 35.5. The SMILES string of the molecule is CC(C)(C)CC(=O)Cc1noc(-c2ccc(Cl)cc2Cl)n1. The first-order valence-electron chi connectivity index (χ1n) is 6.54. The summed E-state index contributed by atoms with van der Waals surface area (Å²) in [6.45, 7) is 6.04. The molecule has 0 aliphatic heterocycles. The van der Waals surface area contributed by atoms with Gasteiger partial charge in [-0.3, -0.25) is 4.79 Å². The van der Waals surface area contributed by atoms with Crippen LogP contribution >= 0.6 is 23.2 Å². The van der Waals surface area contributed by atoms with Crippen molar-refractivity contribution in [2.75, 3.05) is 0 Å². The van der Waals surface area contributed by atoms with E-state index in [0.29, 0.717) is 27.9 Å². The summed E-state index contributed by atoms with van der Waals surface area (Å²) < 4.78 is 5.16. The largest absolute Gasteiger partial charge is 0.334 e. The van der Waals surface area contributed by atoms with Gasteiger partial charge >= 0.3 is 0 Å². The summed E-state index contributed by atoms with van der Waals surface area (Å²) in [5.41, 5.74) is 0.548. The highest BCUT2D eigenvalue weighted by Gasteiger charge is 2.19. The monoisotopic (exact) mass is 326 g/mol. The predicted molar refractivity (Wildman–Crippen MR) is 82.5 cm³/mol. The van der Waals surface area contributed by atoms with Gasteiger partial charge in [0.15, 0.2) is 5.82 Å². The van der Waals surface area contributed by atoms with Crippen molar-refractivity contribution in [3.8, 4) is 11.5 Å². The first kappa shape index (κ1) is 16.0. The molecule has 1 aromatic heterocycles. The zero-order chi connectivity index (χ0) is 15.6. The van der Waals surface area contributed by atoms with Crippen molar-refractivity contribution in [1.29, 1.82) is 0 Å². The van der Waals surface area contributed by atoms with Gasteiger partial charge < -0.3 is 4.52 Å². The van der Waals surface area contributed by atoms with Gasteiger partial charge in [0.05, 0.1) is 17.0 Å². The second-order valence-electron chi connectivity index (χ2n) is 6.09. The normalized spacial score (nSPS) is 11.7. The minimum absolute atomic E-state index is 0.0524. The number of halogens is 2. The van der Waals surface area contributed by atoms with Crippen molar-refractivity contribution in [2.45, 2.75) is 33.6 Å². The summed E-state index contributed by atoms with van der Waals surface area (Å²) in [5.74, 6) is 0.734. The lowest BCUT2D eigenvalue weighted by Crippen LogP contribution is -2.15. The van der Waals surface area contributed by atoms with E-state index >= 15 is 0 Å². The third-order valence-corrected chi connectivity index (χ3v) is 3.26. The van der Waals surface area contributed by atoms with E-state index in [9.17, 15) is 4.79 Å². The molecule has 0 unspecified atom stereocenters. The summed E-state index contributed by atoms with van der Waals surface area (Å²) >= 11 is 11.9. The Bertz CT molecular complexity index is 660. The molecule has 0 spiro atoms. The predicted octanol–water partition coefficient (Wildman–Crippen LogP) is 4.59. The van der Waals surface area contributed by atoms with Crippen molar-refractivity contribution in [3.63, 3.8) is 0 Å². The Kier molecular flexibility index (Phi) is 4.69. The summed E-state index contributed by atoms with van der Waals surface area (Å²) in [4.78, 5) is 16.1. The third-order valence-electron chi connectivity index (χ3n) is 2.71. The Labute approximate surface area is 133 Å². The molecule has 2 aromatic rings. The molecule has 0 fully saturated rings. The second-order valence-corrected chi connectivity index (χ2v) is 6.94. The Balaban J connectivity index is 2.13. The van der Waals surface area contributed by atoms with E-state index in [1.807, 2.05) is 20.8 Å². The van der Waals surface area contributed by atoms with E-state index in [4.69, 9.17) is 27.7 Å². The Morgan fingerprint density at radius 2 is 2.00 bits per heavy atom. The quantitative estimate of drug-likeness (QED) is 0.824. The van der Waals surface area contributed by atoms with Gasteiger partial charge in [0.1, 0.15) is 5.78 Å². The third kappa shape index (κ3) is 4.55. The van der Waals surface area contributed by atoms with Crippen LogP contribution in [0.1, 0.15) is 33.0 Å². The summed E-state index contributed by atoms with van der Waals surface area (Å²) in [6.07, 6.45) is 0.630. The van der Waals surface area contributed by atoms with Crippen molar-refractivity contribution >= 4 is 29.0 Å². The van der Waals surface area contributed by atoms with Crippen molar-refractivity contribution in [1.82, 2.24) is 10.1 Å². The molecule has 112 valence electrons. The minimum Gasteiger partial charge on any atom is -0.334 e. The van der Waals surface area contributed by atoms with Crippen LogP contribution in [0.15, 0.2) is 22.7 Å². The highest BCUT2D eigenvalue weighted by molar-refractivity contribution is 6.36. The lowest BCUT2D eigenvalue weighted by Gasteiger charge is -2.15. The van der Waals surface area contributed by atoms with E-state index in [2.05, 4.69) is 10.1 Å². The van der Waals surface area contributed by atoms with Crippen LogP contribution in [-0.4, -0.2) is 15.9 Å². The lowest BCUT2D eigenvalue weighted by atomic mass is 9.89. The number of rotatable bonds is 4. The number of carbonyl (C=O) groups excluding carboxylic acids is 1. The number of benzene rings is 1. The van der Waals surface area contributed by atoms with Crippen LogP contribution in [0.3, 0.4) is 0 Å². The van der Waals surface area contributed by atoms with Crippen LogP contribution in [0.5, 0.6) is 0 Å². The molecule has 0 aliphatic rings. The Morgan fingerprint density at radius 3 is 2.62 bits per heavy atom. The number of nitrogens with zero attached hydrogens (tertiary/aromatic N) is 2. The number of aromatic nitrogens is 2.